The predicted molar refractivity (Wildman–Crippen MR) is 142 cm³/mol. The van der Waals surface area contributed by atoms with E-state index in [1.54, 1.807) is 48.5 Å². The third-order valence-electron chi connectivity index (χ3n) is 4.93. The van der Waals surface area contributed by atoms with Crippen LogP contribution in [0.2, 0.25) is 0 Å². The number of hydrogen-bond donors (Lipinski definition) is 3. The Morgan fingerprint density at radius 3 is 2.29 bits per heavy atom. The summed E-state index contributed by atoms with van der Waals surface area (Å²) in [6.45, 7) is 3.52. The topological polar surface area (TPSA) is 88.7 Å². The van der Waals surface area contributed by atoms with Gasteiger partial charge in [-0.1, -0.05) is 36.4 Å². The summed E-state index contributed by atoms with van der Waals surface area (Å²) in [4.78, 5) is 24.8. The van der Waals surface area contributed by atoms with Gasteiger partial charge in [-0.05, 0) is 73.6 Å². The second kappa shape index (κ2) is 13.8. The Balaban J connectivity index is 1.46. The number of aryl methyl sites for hydroxylation is 1. The van der Waals surface area contributed by atoms with Crippen LogP contribution in [0.4, 0.5) is 11.4 Å². The van der Waals surface area contributed by atoms with Crippen LogP contribution in [0.1, 0.15) is 29.3 Å². The van der Waals surface area contributed by atoms with E-state index < -0.39 is 0 Å². The number of nitrogens with one attached hydrogen (secondary N) is 3. The molecule has 0 bridgehead atoms. The van der Waals surface area contributed by atoms with Crippen molar-refractivity contribution in [3.05, 3.63) is 90.0 Å². The van der Waals surface area contributed by atoms with Crippen molar-refractivity contribution >= 4 is 40.5 Å². The van der Waals surface area contributed by atoms with Crippen LogP contribution in [0.3, 0.4) is 0 Å². The lowest BCUT2D eigenvalue weighted by Gasteiger charge is -2.12. The minimum atomic E-state index is -0.339. The van der Waals surface area contributed by atoms with Crippen LogP contribution in [0, 0.1) is 0 Å². The summed E-state index contributed by atoms with van der Waals surface area (Å²) in [6.07, 6.45) is 1.05. The molecule has 0 saturated carbocycles. The van der Waals surface area contributed by atoms with E-state index in [2.05, 4.69) is 16.0 Å². The van der Waals surface area contributed by atoms with Crippen molar-refractivity contribution < 1.29 is 19.1 Å². The van der Waals surface area contributed by atoms with Gasteiger partial charge in [-0.25, -0.2) is 0 Å². The highest BCUT2D eigenvalue weighted by Gasteiger charge is 2.09. The van der Waals surface area contributed by atoms with E-state index in [9.17, 15) is 9.59 Å². The largest absolute Gasteiger partial charge is 0.491 e. The Morgan fingerprint density at radius 1 is 0.857 bits per heavy atom. The molecule has 0 heterocycles. The van der Waals surface area contributed by atoms with E-state index in [1.807, 2.05) is 37.3 Å². The Hall–Kier alpha value is -3.75. The van der Waals surface area contributed by atoms with Crippen molar-refractivity contribution in [1.29, 1.82) is 0 Å². The maximum absolute atomic E-state index is 12.5. The lowest BCUT2D eigenvalue weighted by atomic mass is 10.1. The van der Waals surface area contributed by atoms with Crippen LogP contribution in [-0.2, 0) is 16.0 Å². The minimum Gasteiger partial charge on any atom is -0.491 e. The number of carbonyl (C=O) groups is 2. The maximum Gasteiger partial charge on any atom is 0.257 e. The van der Waals surface area contributed by atoms with Gasteiger partial charge in [-0.3, -0.25) is 14.9 Å². The van der Waals surface area contributed by atoms with Gasteiger partial charge in [0.2, 0.25) is 5.91 Å². The zero-order chi connectivity index (χ0) is 24.9. The molecule has 0 fully saturated rings. The van der Waals surface area contributed by atoms with Crippen molar-refractivity contribution in [1.82, 2.24) is 5.32 Å². The van der Waals surface area contributed by atoms with E-state index in [-0.39, 0.29) is 16.9 Å². The number of hydrogen-bond acceptors (Lipinski definition) is 5. The van der Waals surface area contributed by atoms with Crippen molar-refractivity contribution in [2.45, 2.75) is 19.8 Å². The fourth-order valence-corrected chi connectivity index (χ4v) is 3.41. The van der Waals surface area contributed by atoms with E-state index in [0.29, 0.717) is 55.4 Å². The average molecular weight is 492 g/mol. The third-order valence-corrected chi connectivity index (χ3v) is 5.14. The highest BCUT2D eigenvalue weighted by atomic mass is 32.1. The van der Waals surface area contributed by atoms with E-state index in [0.717, 1.165) is 5.56 Å². The first-order valence-corrected chi connectivity index (χ1v) is 11.8. The van der Waals surface area contributed by atoms with Crippen LogP contribution in [0.25, 0.3) is 0 Å². The zero-order valence-corrected chi connectivity index (χ0v) is 20.4. The van der Waals surface area contributed by atoms with Crippen molar-refractivity contribution in [2.24, 2.45) is 0 Å². The van der Waals surface area contributed by atoms with Crippen molar-refractivity contribution in [3.8, 4) is 5.75 Å². The molecule has 3 aromatic rings. The lowest BCUT2D eigenvalue weighted by Crippen LogP contribution is -2.34. The normalized spacial score (nSPS) is 10.3. The van der Waals surface area contributed by atoms with Crippen LogP contribution < -0.4 is 20.7 Å². The molecule has 0 radical (unpaired) electrons. The summed E-state index contributed by atoms with van der Waals surface area (Å²) in [6, 6.07) is 23.8. The molecule has 8 heteroatoms. The second-order valence-electron chi connectivity index (χ2n) is 7.59. The fraction of sp³-hybridized carbons (Fsp3) is 0.222. The van der Waals surface area contributed by atoms with Gasteiger partial charge in [0.15, 0.2) is 5.11 Å². The highest BCUT2D eigenvalue weighted by molar-refractivity contribution is 7.80. The number of carbonyl (C=O) groups excluding carboxylic acids is 2. The molecule has 0 spiro atoms. The van der Waals surface area contributed by atoms with Crippen molar-refractivity contribution in [3.63, 3.8) is 0 Å². The molecule has 3 N–H and O–H groups in total. The molecule has 0 aliphatic rings. The second-order valence-corrected chi connectivity index (χ2v) is 8.00. The Labute approximate surface area is 210 Å². The molecule has 0 unspecified atom stereocenters. The summed E-state index contributed by atoms with van der Waals surface area (Å²) in [5.74, 6) is 0.241. The van der Waals surface area contributed by atoms with Crippen LogP contribution >= 0.6 is 12.2 Å². The molecule has 0 saturated heterocycles. The van der Waals surface area contributed by atoms with E-state index >= 15 is 0 Å². The molecule has 0 aliphatic heterocycles. The van der Waals surface area contributed by atoms with Gasteiger partial charge in [0.05, 0.1) is 6.61 Å². The van der Waals surface area contributed by atoms with Gasteiger partial charge in [0.25, 0.3) is 5.91 Å². The summed E-state index contributed by atoms with van der Waals surface area (Å²) >= 11 is 5.28. The molecular weight excluding hydrogens is 462 g/mol. The zero-order valence-electron chi connectivity index (χ0n) is 19.6. The number of amides is 2. The van der Waals surface area contributed by atoms with Gasteiger partial charge in [0, 0.05) is 30.0 Å². The number of benzene rings is 3. The number of rotatable bonds is 11. The molecule has 3 aromatic carbocycles. The summed E-state index contributed by atoms with van der Waals surface area (Å²) in [5.41, 5.74) is 2.85. The number of anilines is 2. The first kappa shape index (κ1) is 25.9. The quantitative estimate of drug-likeness (QED) is 0.264. The summed E-state index contributed by atoms with van der Waals surface area (Å²) in [5, 5.41) is 8.67. The Morgan fingerprint density at radius 2 is 1.57 bits per heavy atom. The average Bonchev–Trinajstić information content (AvgIpc) is 2.86. The first-order valence-electron chi connectivity index (χ1n) is 11.4. The smallest absolute Gasteiger partial charge is 0.257 e. The molecule has 2 amide bonds. The summed E-state index contributed by atoms with van der Waals surface area (Å²) < 4.78 is 10.8. The van der Waals surface area contributed by atoms with E-state index in [4.69, 9.17) is 21.7 Å². The first-order chi connectivity index (χ1) is 17.0. The van der Waals surface area contributed by atoms with Gasteiger partial charge in [-0.15, -0.1) is 0 Å². The molecular formula is C27H29N3O4S. The standard InChI is InChI=1S/C27H29N3O4S/c1-2-33-17-18-34-24-14-12-21(13-15-24)26(32)30-27(35)29-23-10-6-9-22(19-23)28-25(31)16-11-20-7-4-3-5-8-20/h3-10,12-15,19H,2,11,16-18H2,1H3,(H,28,31)(H2,29,30,32,35). The SMILES string of the molecule is CCOCCOc1ccc(C(=O)NC(=S)Nc2cccc(NC(=O)CCc3ccccc3)c2)cc1. The number of thiocarbonyl (C=S) groups is 1. The molecule has 7 nitrogen and oxygen atoms in total. The van der Waals surface area contributed by atoms with Gasteiger partial charge < -0.3 is 20.1 Å². The maximum atomic E-state index is 12.5. The van der Waals surface area contributed by atoms with Crippen LogP contribution in [0.15, 0.2) is 78.9 Å². The van der Waals surface area contributed by atoms with Crippen LogP contribution in [0.5, 0.6) is 5.75 Å². The monoisotopic (exact) mass is 491 g/mol. The Kier molecular flexibility index (Phi) is 10.2. The molecule has 3 rings (SSSR count). The molecule has 182 valence electrons. The minimum absolute atomic E-state index is 0.0767. The van der Waals surface area contributed by atoms with Crippen LogP contribution in [-0.4, -0.2) is 36.7 Å². The number of ether oxygens (including phenoxy) is 2. The fourth-order valence-electron chi connectivity index (χ4n) is 3.20. The third kappa shape index (κ3) is 9.19. The Bertz CT molecular complexity index is 1120. The molecule has 0 aromatic heterocycles. The van der Waals surface area contributed by atoms with E-state index in [1.165, 1.54) is 0 Å². The van der Waals surface area contributed by atoms with Gasteiger partial charge in [-0.2, -0.15) is 0 Å². The summed E-state index contributed by atoms with van der Waals surface area (Å²) in [7, 11) is 0. The van der Waals surface area contributed by atoms with Gasteiger partial charge in [0.1, 0.15) is 12.4 Å². The molecule has 0 atom stereocenters. The molecule has 0 aliphatic carbocycles. The highest BCUT2D eigenvalue weighted by Crippen LogP contribution is 2.16. The molecule has 35 heavy (non-hydrogen) atoms. The predicted octanol–water partition coefficient (Wildman–Crippen LogP) is 4.80. The van der Waals surface area contributed by atoms with Gasteiger partial charge >= 0.3 is 0 Å². The van der Waals surface area contributed by atoms with Crippen molar-refractivity contribution in [2.75, 3.05) is 30.5 Å². The lowest BCUT2D eigenvalue weighted by molar-refractivity contribution is -0.116.